The molecule has 1 heterocycles. The maximum atomic E-state index is 5.85. The van der Waals surface area contributed by atoms with Crippen molar-refractivity contribution in [2.24, 2.45) is 5.10 Å². The van der Waals surface area contributed by atoms with Crippen LogP contribution < -0.4 is 5.43 Å². The van der Waals surface area contributed by atoms with Gasteiger partial charge in [0.15, 0.2) is 0 Å². The Morgan fingerprint density at radius 1 is 0.870 bits per heavy atom. The highest BCUT2D eigenvalue weighted by Crippen LogP contribution is 2.19. The van der Waals surface area contributed by atoms with Crippen molar-refractivity contribution in [1.29, 1.82) is 0 Å². The Kier molecular flexibility index (Phi) is 4.69. The highest BCUT2D eigenvalue weighted by Gasteiger charge is 2.01. The van der Waals surface area contributed by atoms with Crippen molar-refractivity contribution >= 4 is 23.1 Å². The molecule has 23 heavy (non-hydrogen) atoms. The van der Waals surface area contributed by atoms with Crippen molar-refractivity contribution in [3.8, 4) is 11.1 Å². The number of aromatic nitrogens is 1. The summed E-state index contributed by atoms with van der Waals surface area (Å²) in [5.41, 5.74) is 7.25. The van der Waals surface area contributed by atoms with E-state index in [0.29, 0.717) is 11.0 Å². The minimum Gasteiger partial charge on any atom is -0.261 e. The number of rotatable bonds is 4. The van der Waals surface area contributed by atoms with Gasteiger partial charge in [-0.1, -0.05) is 72.3 Å². The van der Waals surface area contributed by atoms with Crippen molar-refractivity contribution < 1.29 is 0 Å². The van der Waals surface area contributed by atoms with E-state index in [1.807, 2.05) is 37.3 Å². The summed E-state index contributed by atoms with van der Waals surface area (Å²) >= 11 is 5.85. The lowest BCUT2D eigenvalue weighted by Gasteiger charge is -2.05. The van der Waals surface area contributed by atoms with Crippen LogP contribution in [0.25, 0.3) is 11.1 Å². The number of halogens is 1. The molecule has 3 nitrogen and oxygen atoms in total. The Morgan fingerprint density at radius 2 is 1.57 bits per heavy atom. The van der Waals surface area contributed by atoms with Crippen molar-refractivity contribution in [3.63, 3.8) is 0 Å². The summed E-state index contributed by atoms with van der Waals surface area (Å²) in [6.45, 7) is 1.95. The standard InChI is InChI=1S/C19H16ClN3/c1-14(22-23-19-9-5-8-18(20)21-19)15-10-12-17(13-11-15)16-6-3-2-4-7-16/h2-13H,1H3,(H,21,23)/b22-14-. The van der Waals surface area contributed by atoms with Gasteiger partial charge in [0.1, 0.15) is 11.0 Å². The molecule has 3 rings (SSSR count). The van der Waals surface area contributed by atoms with Crippen LogP contribution in [0.2, 0.25) is 5.15 Å². The smallest absolute Gasteiger partial charge is 0.147 e. The lowest BCUT2D eigenvalue weighted by atomic mass is 10.0. The fourth-order valence-electron chi connectivity index (χ4n) is 2.21. The minimum atomic E-state index is 0.440. The molecule has 0 spiro atoms. The number of pyridine rings is 1. The molecule has 0 aliphatic rings. The van der Waals surface area contributed by atoms with Crippen LogP contribution in [0, 0.1) is 0 Å². The summed E-state index contributed by atoms with van der Waals surface area (Å²) in [7, 11) is 0. The zero-order valence-corrected chi connectivity index (χ0v) is 13.5. The van der Waals surface area contributed by atoms with Gasteiger partial charge in [-0.25, -0.2) is 4.98 Å². The number of anilines is 1. The number of nitrogens with zero attached hydrogens (tertiary/aromatic N) is 2. The Labute approximate surface area is 140 Å². The summed E-state index contributed by atoms with van der Waals surface area (Å²) in [5.74, 6) is 0.623. The fourth-order valence-corrected chi connectivity index (χ4v) is 2.37. The first-order valence-electron chi connectivity index (χ1n) is 7.31. The van der Waals surface area contributed by atoms with Crippen molar-refractivity contribution in [2.75, 3.05) is 5.43 Å². The van der Waals surface area contributed by atoms with Gasteiger partial charge in [0.05, 0.1) is 5.71 Å². The van der Waals surface area contributed by atoms with E-state index in [9.17, 15) is 0 Å². The minimum absolute atomic E-state index is 0.440. The Hall–Kier alpha value is -2.65. The van der Waals surface area contributed by atoms with Gasteiger partial charge in [0, 0.05) is 0 Å². The molecule has 0 bridgehead atoms. The van der Waals surface area contributed by atoms with E-state index in [-0.39, 0.29) is 0 Å². The Balaban J connectivity index is 1.75. The first kappa shape index (κ1) is 15.3. The van der Waals surface area contributed by atoms with Crippen molar-refractivity contribution in [1.82, 2.24) is 4.98 Å². The molecule has 0 amide bonds. The molecule has 4 heteroatoms. The van der Waals surface area contributed by atoms with Crippen LogP contribution in [0.15, 0.2) is 77.9 Å². The number of hydrogen-bond donors (Lipinski definition) is 1. The van der Waals surface area contributed by atoms with Gasteiger partial charge in [-0.05, 0) is 35.7 Å². The molecular formula is C19H16ClN3. The highest BCUT2D eigenvalue weighted by molar-refractivity contribution is 6.29. The summed E-state index contributed by atoms with van der Waals surface area (Å²) in [4.78, 5) is 4.14. The fraction of sp³-hybridized carbons (Fsp3) is 0.0526. The summed E-state index contributed by atoms with van der Waals surface area (Å²) < 4.78 is 0. The second kappa shape index (κ2) is 7.07. The first-order chi connectivity index (χ1) is 11.2. The molecule has 0 fully saturated rings. The van der Waals surface area contributed by atoms with E-state index in [1.165, 1.54) is 11.1 Å². The van der Waals surface area contributed by atoms with Gasteiger partial charge in [-0.3, -0.25) is 5.43 Å². The van der Waals surface area contributed by atoms with Crippen LogP contribution in [0.1, 0.15) is 12.5 Å². The third-order valence-corrected chi connectivity index (χ3v) is 3.67. The predicted octanol–water partition coefficient (Wildman–Crippen LogP) is 5.24. The Bertz CT molecular complexity index is 812. The van der Waals surface area contributed by atoms with Crippen LogP contribution in [-0.4, -0.2) is 10.7 Å². The van der Waals surface area contributed by atoms with E-state index in [1.54, 1.807) is 6.07 Å². The highest BCUT2D eigenvalue weighted by atomic mass is 35.5. The molecule has 0 aliphatic heterocycles. The average molecular weight is 322 g/mol. The van der Waals surface area contributed by atoms with E-state index in [2.05, 4.69) is 51.9 Å². The molecule has 1 N–H and O–H groups in total. The van der Waals surface area contributed by atoms with Gasteiger partial charge < -0.3 is 0 Å². The van der Waals surface area contributed by atoms with Gasteiger partial charge in [-0.15, -0.1) is 0 Å². The SMILES string of the molecule is C/C(=N/Nc1cccc(Cl)n1)c1ccc(-c2ccccc2)cc1. The third-order valence-electron chi connectivity index (χ3n) is 3.46. The van der Waals surface area contributed by atoms with Gasteiger partial charge in [0.25, 0.3) is 0 Å². The number of nitrogens with one attached hydrogen (secondary N) is 1. The third kappa shape index (κ3) is 3.96. The summed E-state index contributed by atoms with van der Waals surface area (Å²) in [6.07, 6.45) is 0. The van der Waals surface area contributed by atoms with Crippen LogP contribution in [0.5, 0.6) is 0 Å². The number of hydrazone groups is 1. The maximum absolute atomic E-state index is 5.85. The average Bonchev–Trinajstić information content (AvgIpc) is 2.61. The molecule has 2 aromatic carbocycles. The Morgan fingerprint density at radius 3 is 2.26 bits per heavy atom. The quantitative estimate of drug-likeness (QED) is 0.405. The molecule has 1 aromatic heterocycles. The summed E-state index contributed by atoms with van der Waals surface area (Å²) in [5, 5.41) is 4.79. The molecule has 0 radical (unpaired) electrons. The molecular weight excluding hydrogens is 306 g/mol. The van der Waals surface area contributed by atoms with E-state index in [4.69, 9.17) is 11.6 Å². The van der Waals surface area contributed by atoms with Crippen LogP contribution >= 0.6 is 11.6 Å². The van der Waals surface area contributed by atoms with Crippen LogP contribution in [-0.2, 0) is 0 Å². The topological polar surface area (TPSA) is 37.3 Å². The lowest BCUT2D eigenvalue weighted by Crippen LogP contribution is -2.00. The zero-order valence-electron chi connectivity index (χ0n) is 12.7. The molecule has 0 atom stereocenters. The zero-order chi connectivity index (χ0) is 16.1. The van der Waals surface area contributed by atoms with Crippen molar-refractivity contribution in [3.05, 3.63) is 83.5 Å². The monoisotopic (exact) mass is 321 g/mol. The van der Waals surface area contributed by atoms with E-state index >= 15 is 0 Å². The van der Waals surface area contributed by atoms with E-state index < -0.39 is 0 Å². The predicted molar refractivity (Wildman–Crippen MR) is 97.0 cm³/mol. The normalized spacial score (nSPS) is 11.3. The molecule has 0 unspecified atom stereocenters. The van der Waals surface area contributed by atoms with Gasteiger partial charge >= 0.3 is 0 Å². The van der Waals surface area contributed by atoms with Crippen molar-refractivity contribution in [2.45, 2.75) is 6.92 Å². The first-order valence-corrected chi connectivity index (χ1v) is 7.69. The largest absolute Gasteiger partial charge is 0.261 e. The molecule has 0 aliphatic carbocycles. The van der Waals surface area contributed by atoms with Crippen LogP contribution in [0.3, 0.4) is 0 Å². The summed E-state index contributed by atoms with van der Waals surface area (Å²) in [6, 6.07) is 24.0. The maximum Gasteiger partial charge on any atom is 0.147 e. The second-order valence-electron chi connectivity index (χ2n) is 5.10. The molecule has 0 saturated carbocycles. The van der Waals surface area contributed by atoms with Gasteiger partial charge in [-0.2, -0.15) is 5.10 Å². The molecule has 0 saturated heterocycles. The van der Waals surface area contributed by atoms with Crippen LogP contribution in [0.4, 0.5) is 5.82 Å². The van der Waals surface area contributed by atoms with Gasteiger partial charge in [0.2, 0.25) is 0 Å². The molecule has 3 aromatic rings. The number of benzene rings is 2. The molecule has 114 valence electrons. The lowest BCUT2D eigenvalue weighted by molar-refractivity contribution is 1.22. The second-order valence-corrected chi connectivity index (χ2v) is 5.49. The van der Waals surface area contributed by atoms with E-state index in [0.717, 1.165) is 11.3 Å². The number of hydrogen-bond acceptors (Lipinski definition) is 3.